The molecule has 0 saturated carbocycles. The first-order chi connectivity index (χ1) is 8.61. The number of halogens is 1. The molecule has 3 N–H and O–H groups in total. The highest BCUT2D eigenvalue weighted by Crippen LogP contribution is 2.34. The molecule has 1 aromatic carbocycles. The summed E-state index contributed by atoms with van der Waals surface area (Å²) in [6.45, 7) is 2.89. The summed E-state index contributed by atoms with van der Waals surface area (Å²) >= 11 is 7.86. The Morgan fingerprint density at radius 2 is 2.39 bits per heavy atom. The molecule has 0 aromatic heterocycles. The van der Waals surface area contributed by atoms with Crippen molar-refractivity contribution < 1.29 is 9.94 Å². The van der Waals surface area contributed by atoms with Crippen LogP contribution in [0.4, 0.5) is 0 Å². The summed E-state index contributed by atoms with van der Waals surface area (Å²) in [5.74, 6) is 0.0223. The Balaban J connectivity index is 2.14. The fraction of sp³-hybridized carbons (Fsp3) is 0.417. The van der Waals surface area contributed by atoms with Crippen LogP contribution in [0.5, 0.6) is 0 Å². The molecule has 1 aliphatic heterocycles. The number of rotatable bonds is 3. The van der Waals surface area contributed by atoms with Crippen molar-refractivity contribution in [2.24, 2.45) is 10.9 Å². The number of nitrogens with zero attached hydrogens (tertiary/aromatic N) is 1. The summed E-state index contributed by atoms with van der Waals surface area (Å²) in [4.78, 5) is 1.07. The summed E-state index contributed by atoms with van der Waals surface area (Å²) in [6.07, 6.45) is 1.31. The van der Waals surface area contributed by atoms with Gasteiger partial charge in [-0.05, 0) is 31.5 Å². The molecule has 2 atom stereocenters. The number of oxime groups is 1. The lowest BCUT2D eigenvalue weighted by atomic mass is 10.2. The summed E-state index contributed by atoms with van der Waals surface area (Å²) in [5, 5.41) is 12.5. The Morgan fingerprint density at radius 1 is 1.61 bits per heavy atom. The Labute approximate surface area is 115 Å². The zero-order chi connectivity index (χ0) is 13.1. The van der Waals surface area contributed by atoms with Gasteiger partial charge in [0.05, 0.1) is 11.1 Å². The number of hydrogen-bond donors (Lipinski definition) is 2. The number of thioether (sulfide) groups is 1. The first-order valence-electron chi connectivity index (χ1n) is 5.67. The van der Waals surface area contributed by atoms with E-state index in [0.29, 0.717) is 15.8 Å². The molecular formula is C12H15ClN2O2S. The number of hydrogen-bond acceptors (Lipinski definition) is 4. The van der Waals surface area contributed by atoms with Crippen molar-refractivity contribution in [1.29, 1.82) is 0 Å². The van der Waals surface area contributed by atoms with E-state index in [-0.39, 0.29) is 11.9 Å². The fourth-order valence-corrected chi connectivity index (χ4v) is 3.38. The van der Waals surface area contributed by atoms with Crippen molar-refractivity contribution in [3.05, 3.63) is 28.8 Å². The van der Waals surface area contributed by atoms with Gasteiger partial charge < -0.3 is 15.7 Å². The minimum Gasteiger partial charge on any atom is -0.409 e. The van der Waals surface area contributed by atoms with Crippen LogP contribution >= 0.6 is 23.4 Å². The second-order valence-corrected chi connectivity index (χ2v) is 5.87. The molecule has 1 aromatic rings. The lowest BCUT2D eigenvalue weighted by Crippen LogP contribution is -2.14. The quantitative estimate of drug-likeness (QED) is 0.388. The monoisotopic (exact) mass is 286 g/mol. The molecule has 0 spiro atoms. The van der Waals surface area contributed by atoms with E-state index < -0.39 is 0 Å². The standard InChI is InChI=1S/C12H15ClN2O2S/c1-7-11(4-5-17-7)18-8-2-3-9(10(13)6-8)12(14)15-16/h2-3,6-7,11,16H,4-5H2,1H3,(H2,14,15). The van der Waals surface area contributed by atoms with Crippen LogP contribution in [-0.4, -0.2) is 29.0 Å². The normalized spacial score (nSPS) is 24.4. The summed E-state index contributed by atoms with van der Waals surface area (Å²) in [6, 6.07) is 5.53. The van der Waals surface area contributed by atoms with Gasteiger partial charge in [-0.1, -0.05) is 16.8 Å². The van der Waals surface area contributed by atoms with Crippen LogP contribution < -0.4 is 5.73 Å². The van der Waals surface area contributed by atoms with Gasteiger partial charge >= 0.3 is 0 Å². The minimum atomic E-state index is 0.0223. The highest BCUT2D eigenvalue weighted by Gasteiger charge is 2.25. The van der Waals surface area contributed by atoms with E-state index in [4.69, 9.17) is 27.3 Å². The van der Waals surface area contributed by atoms with Crippen LogP contribution in [0.2, 0.25) is 5.02 Å². The Hall–Kier alpha value is -0.910. The Kier molecular flexibility index (Phi) is 4.37. The van der Waals surface area contributed by atoms with Gasteiger partial charge in [0.2, 0.25) is 0 Å². The van der Waals surface area contributed by atoms with E-state index in [0.717, 1.165) is 17.9 Å². The average molecular weight is 287 g/mol. The molecule has 6 heteroatoms. The van der Waals surface area contributed by atoms with Crippen LogP contribution in [0.1, 0.15) is 18.9 Å². The van der Waals surface area contributed by atoms with Crippen molar-refractivity contribution in [3.63, 3.8) is 0 Å². The summed E-state index contributed by atoms with van der Waals surface area (Å²) in [7, 11) is 0. The molecule has 2 unspecified atom stereocenters. The first kappa shape index (κ1) is 13.5. The molecule has 2 rings (SSSR count). The molecule has 18 heavy (non-hydrogen) atoms. The number of benzene rings is 1. The Morgan fingerprint density at radius 3 is 2.94 bits per heavy atom. The minimum absolute atomic E-state index is 0.0223. The summed E-state index contributed by atoms with van der Waals surface area (Å²) < 4.78 is 5.52. The van der Waals surface area contributed by atoms with Crippen LogP contribution in [0, 0.1) is 0 Å². The largest absolute Gasteiger partial charge is 0.409 e. The van der Waals surface area contributed by atoms with Crippen LogP contribution in [0.15, 0.2) is 28.3 Å². The molecular weight excluding hydrogens is 272 g/mol. The van der Waals surface area contributed by atoms with Gasteiger partial charge in [0.1, 0.15) is 0 Å². The maximum absolute atomic E-state index is 8.63. The van der Waals surface area contributed by atoms with Crippen LogP contribution in [0.25, 0.3) is 0 Å². The summed E-state index contributed by atoms with van der Waals surface area (Å²) in [5.41, 5.74) is 6.06. The lowest BCUT2D eigenvalue weighted by molar-refractivity contribution is 0.127. The third-order valence-corrected chi connectivity index (χ3v) is 4.68. The smallest absolute Gasteiger partial charge is 0.171 e. The van der Waals surface area contributed by atoms with E-state index in [2.05, 4.69) is 12.1 Å². The molecule has 1 fully saturated rings. The third kappa shape index (κ3) is 2.91. The molecule has 1 saturated heterocycles. The van der Waals surface area contributed by atoms with Crippen molar-refractivity contribution in [2.45, 2.75) is 29.6 Å². The number of amidine groups is 1. The van der Waals surface area contributed by atoms with Gasteiger partial charge in [-0.15, -0.1) is 11.8 Å². The van der Waals surface area contributed by atoms with Crippen molar-refractivity contribution >= 4 is 29.2 Å². The molecule has 1 aliphatic rings. The molecule has 0 amide bonds. The van der Waals surface area contributed by atoms with E-state index in [1.165, 1.54) is 0 Å². The van der Waals surface area contributed by atoms with Crippen molar-refractivity contribution in [3.8, 4) is 0 Å². The van der Waals surface area contributed by atoms with Gasteiger partial charge in [0.15, 0.2) is 5.84 Å². The topological polar surface area (TPSA) is 67.8 Å². The van der Waals surface area contributed by atoms with Crippen molar-refractivity contribution in [2.75, 3.05) is 6.61 Å². The van der Waals surface area contributed by atoms with E-state index in [9.17, 15) is 0 Å². The predicted molar refractivity (Wildman–Crippen MR) is 73.6 cm³/mol. The van der Waals surface area contributed by atoms with Gasteiger partial charge in [0, 0.05) is 22.3 Å². The number of nitrogens with two attached hydrogens (primary N) is 1. The maximum Gasteiger partial charge on any atom is 0.171 e. The molecule has 0 bridgehead atoms. The second kappa shape index (κ2) is 5.82. The van der Waals surface area contributed by atoms with E-state index in [1.807, 2.05) is 12.1 Å². The SMILES string of the molecule is CC1OCCC1Sc1ccc(/C(N)=N/O)c(Cl)c1. The lowest BCUT2D eigenvalue weighted by Gasteiger charge is -2.14. The zero-order valence-corrected chi connectivity index (χ0v) is 11.5. The van der Waals surface area contributed by atoms with E-state index in [1.54, 1.807) is 17.8 Å². The van der Waals surface area contributed by atoms with E-state index >= 15 is 0 Å². The average Bonchev–Trinajstić information content (AvgIpc) is 2.74. The molecule has 0 radical (unpaired) electrons. The molecule has 98 valence electrons. The first-order valence-corrected chi connectivity index (χ1v) is 6.93. The van der Waals surface area contributed by atoms with Crippen LogP contribution in [-0.2, 0) is 4.74 Å². The Bertz CT molecular complexity index is 467. The van der Waals surface area contributed by atoms with Gasteiger partial charge in [-0.25, -0.2) is 0 Å². The van der Waals surface area contributed by atoms with Crippen LogP contribution in [0.3, 0.4) is 0 Å². The highest BCUT2D eigenvalue weighted by atomic mass is 35.5. The second-order valence-electron chi connectivity index (χ2n) is 4.15. The van der Waals surface area contributed by atoms with Gasteiger partial charge in [0.25, 0.3) is 0 Å². The highest BCUT2D eigenvalue weighted by molar-refractivity contribution is 8.00. The number of ether oxygens (including phenoxy) is 1. The zero-order valence-electron chi connectivity index (χ0n) is 9.97. The maximum atomic E-state index is 8.63. The molecule has 4 nitrogen and oxygen atoms in total. The van der Waals surface area contributed by atoms with Gasteiger partial charge in [-0.2, -0.15) is 0 Å². The fourth-order valence-electron chi connectivity index (χ4n) is 1.87. The predicted octanol–water partition coefficient (Wildman–Crippen LogP) is 2.70. The third-order valence-electron chi connectivity index (χ3n) is 2.92. The van der Waals surface area contributed by atoms with Crippen molar-refractivity contribution in [1.82, 2.24) is 0 Å². The molecule has 0 aliphatic carbocycles. The molecule has 1 heterocycles. The van der Waals surface area contributed by atoms with Gasteiger partial charge in [-0.3, -0.25) is 0 Å².